The quantitative estimate of drug-likeness (QED) is 0.148. The van der Waals surface area contributed by atoms with Gasteiger partial charge in [0.25, 0.3) is 0 Å². The lowest BCUT2D eigenvalue weighted by atomic mass is 9.81. The monoisotopic (exact) mass is 692 g/mol. The lowest BCUT2D eigenvalue weighted by Gasteiger charge is -2.35. The third-order valence-electron chi connectivity index (χ3n) is 9.78. The van der Waals surface area contributed by atoms with Crippen LogP contribution in [0.5, 0.6) is 0 Å². The minimum absolute atomic E-state index is 0.139. The normalized spacial score (nSPS) is 37.9. The Balaban J connectivity index is 0.000000168. The van der Waals surface area contributed by atoms with E-state index < -0.39 is 11.4 Å². The fourth-order valence-electron chi connectivity index (χ4n) is 8.74. The summed E-state index contributed by atoms with van der Waals surface area (Å²) in [5, 5.41) is 1.29. The zero-order chi connectivity index (χ0) is 30.4. The number of rotatable bonds is 12. The fourth-order valence-corrected chi connectivity index (χ4v) is 23.5. The molecule has 42 heavy (non-hydrogen) atoms. The van der Waals surface area contributed by atoms with Crippen molar-refractivity contribution in [3.63, 3.8) is 0 Å². The molecule has 240 valence electrons. The Labute approximate surface area is 274 Å². The highest BCUT2D eigenvalue weighted by Crippen LogP contribution is 2.72. The van der Waals surface area contributed by atoms with E-state index in [2.05, 4.69) is 79.7 Å². The maximum Gasteiger partial charge on any atom is 0.248 e. The van der Waals surface area contributed by atoms with Crippen LogP contribution in [0.25, 0.3) is 0 Å². The number of fused-ring (bicyclic) bond motifs is 10. The van der Waals surface area contributed by atoms with Gasteiger partial charge in [-0.1, -0.05) is 47.1 Å². The zero-order valence-electron chi connectivity index (χ0n) is 26.8. The first kappa shape index (κ1) is 34.6. The van der Waals surface area contributed by atoms with Crippen molar-refractivity contribution >= 4 is 57.8 Å². The fraction of sp³-hybridized carbons (Fsp3) is 0.875. The smallest absolute Gasteiger partial charge is 0.248 e. The Kier molecular flexibility index (Phi) is 11.7. The third-order valence-corrected chi connectivity index (χ3v) is 21.4. The summed E-state index contributed by atoms with van der Waals surface area (Å²) in [4.78, 5) is 0. The first-order chi connectivity index (χ1) is 19.8. The highest BCUT2D eigenvalue weighted by Gasteiger charge is 2.55. The minimum atomic E-state index is -2.22. The largest absolute Gasteiger partial charge is 0.319 e. The average Bonchev–Trinajstić information content (AvgIpc) is 3.63. The molecule has 0 aliphatic heterocycles. The molecule has 0 saturated heterocycles. The summed E-state index contributed by atoms with van der Waals surface area (Å²) >= 11 is 15.4. The maximum absolute atomic E-state index is 6.08. The summed E-state index contributed by atoms with van der Waals surface area (Å²) < 4.78 is 24.3. The summed E-state index contributed by atoms with van der Waals surface area (Å²) in [6.07, 6.45) is 18.3. The van der Waals surface area contributed by atoms with E-state index >= 15 is 0 Å². The first-order valence-corrected chi connectivity index (χ1v) is 24.6. The highest BCUT2D eigenvalue weighted by atomic mass is 32.9. The number of hydrogen-bond donors (Lipinski definition) is 0. The molecule has 4 fully saturated rings. The molecule has 4 nitrogen and oxygen atoms in total. The lowest BCUT2D eigenvalue weighted by Crippen LogP contribution is -2.26. The zero-order valence-corrected chi connectivity index (χ0v) is 31.9. The first-order valence-electron chi connectivity index (χ1n) is 16.4. The molecule has 6 rings (SSSR count). The van der Waals surface area contributed by atoms with Gasteiger partial charge >= 0.3 is 0 Å². The van der Waals surface area contributed by atoms with Gasteiger partial charge in [0.05, 0.1) is 24.4 Å². The predicted molar refractivity (Wildman–Crippen MR) is 190 cm³/mol. The standard InChI is InChI=1S/2C16H27O2PS2/c2*1-10(2)17-19(20,18-11(3)4)21-16-9-12-8-15(16)14-7-5-6-13(12)14/h5,7,10-16H,6,8-9H2,1-4H3;5-6,10-16H,7-9H2,1-4H3. The van der Waals surface area contributed by atoms with Gasteiger partial charge in [-0.3, -0.25) is 0 Å². The molecule has 0 aromatic rings. The Morgan fingerprint density at radius 3 is 1.50 bits per heavy atom. The SMILES string of the molecule is CC(C)OP(=S)(OC(C)C)SC1CC2CC1C1C=CCC21.CC(C)OP(=S)(OC(C)C)SC1CC2CC1C1CC=CC21. The molecule has 0 N–H and O–H groups in total. The molecule has 0 spiro atoms. The van der Waals surface area contributed by atoms with Crippen LogP contribution in [0.1, 0.15) is 93.9 Å². The molecule has 0 radical (unpaired) electrons. The van der Waals surface area contributed by atoms with Gasteiger partial charge in [-0.2, -0.15) is 0 Å². The Hall–Kier alpha value is 1.32. The molecule has 0 aromatic heterocycles. The van der Waals surface area contributed by atoms with Gasteiger partial charge in [0.1, 0.15) is 0 Å². The molecule has 4 saturated carbocycles. The summed E-state index contributed by atoms with van der Waals surface area (Å²) in [5.41, 5.74) is -4.44. The Morgan fingerprint density at radius 2 is 0.976 bits per heavy atom. The summed E-state index contributed by atoms with van der Waals surface area (Å²) in [7, 11) is 0. The van der Waals surface area contributed by atoms with Crippen molar-refractivity contribution in [2.75, 3.05) is 0 Å². The van der Waals surface area contributed by atoms with Crippen LogP contribution >= 0.6 is 34.2 Å². The van der Waals surface area contributed by atoms with E-state index in [4.69, 9.17) is 41.7 Å². The van der Waals surface area contributed by atoms with Crippen LogP contribution < -0.4 is 0 Å². The van der Waals surface area contributed by atoms with E-state index in [1.807, 2.05) is 22.8 Å². The van der Waals surface area contributed by atoms with Crippen LogP contribution in [0.2, 0.25) is 0 Å². The molecule has 0 amide bonds. The van der Waals surface area contributed by atoms with Crippen molar-refractivity contribution in [2.45, 2.75) is 129 Å². The molecule has 10 unspecified atom stereocenters. The lowest BCUT2D eigenvalue weighted by molar-refractivity contribution is 0.185. The molecular weight excluding hydrogens is 639 g/mol. The van der Waals surface area contributed by atoms with E-state index in [0.717, 1.165) is 47.3 Å². The van der Waals surface area contributed by atoms with Crippen molar-refractivity contribution < 1.29 is 18.1 Å². The van der Waals surface area contributed by atoms with Crippen molar-refractivity contribution in [2.24, 2.45) is 47.3 Å². The van der Waals surface area contributed by atoms with E-state index in [0.29, 0.717) is 10.5 Å². The molecule has 4 bridgehead atoms. The minimum Gasteiger partial charge on any atom is -0.319 e. The van der Waals surface area contributed by atoms with E-state index in [9.17, 15) is 0 Å². The maximum atomic E-state index is 6.08. The van der Waals surface area contributed by atoms with Crippen molar-refractivity contribution in [1.82, 2.24) is 0 Å². The second kappa shape index (κ2) is 14.2. The average molecular weight is 693 g/mol. The second-order valence-corrected chi connectivity index (χ2v) is 27.1. The van der Waals surface area contributed by atoms with Crippen LogP contribution in [0.3, 0.4) is 0 Å². The van der Waals surface area contributed by atoms with E-state index in [1.54, 1.807) is 0 Å². The third kappa shape index (κ3) is 8.06. The van der Waals surface area contributed by atoms with Crippen molar-refractivity contribution in [3.8, 4) is 0 Å². The summed E-state index contributed by atoms with van der Waals surface area (Å²) in [6, 6.07) is 0. The van der Waals surface area contributed by atoms with Gasteiger partial charge in [-0.25, -0.2) is 0 Å². The van der Waals surface area contributed by atoms with Gasteiger partial charge in [0.15, 0.2) is 0 Å². The van der Waals surface area contributed by atoms with E-state index in [1.165, 1.54) is 38.5 Å². The Bertz CT molecular complexity index is 1070. The van der Waals surface area contributed by atoms with Gasteiger partial charge in [-0.15, -0.1) is 0 Å². The Morgan fingerprint density at radius 1 is 0.548 bits per heavy atom. The van der Waals surface area contributed by atoms with Gasteiger partial charge in [-0.05, 0) is 165 Å². The highest BCUT2D eigenvalue weighted by molar-refractivity contribution is 8.68. The van der Waals surface area contributed by atoms with Gasteiger partial charge in [0, 0.05) is 10.5 Å². The molecule has 10 atom stereocenters. The topological polar surface area (TPSA) is 36.9 Å². The van der Waals surface area contributed by atoms with Crippen LogP contribution in [0.15, 0.2) is 24.3 Å². The van der Waals surface area contributed by atoms with Crippen LogP contribution in [-0.4, -0.2) is 34.9 Å². The molecule has 0 heterocycles. The van der Waals surface area contributed by atoms with Gasteiger partial charge in [0.2, 0.25) is 11.4 Å². The predicted octanol–water partition coefficient (Wildman–Crippen LogP) is 10.8. The number of hydrogen-bond acceptors (Lipinski definition) is 8. The summed E-state index contributed by atoms with van der Waals surface area (Å²) in [6.45, 7) is 16.5. The van der Waals surface area contributed by atoms with Crippen LogP contribution in [-0.2, 0) is 41.7 Å². The molecular formula is C32H54O4P2S4. The molecule has 10 heteroatoms. The number of allylic oxidation sites excluding steroid dienone is 4. The van der Waals surface area contributed by atoms with Crippen molar-refractivity contribution in [3.05, 3.63) is 24.3 Å². The summed E-state index contributed by atoms with van der Waals surface area (Å²) in [5.74, 6) is 6.91. The second-order valence-electron chi connectivity index (χ2n) is 14.4. The van der Waals surface area contributed by atoms with Crippen LogP contribution in [0, 0.1) is 47.3 Å². The molecule has 6 aliphatic rings. The molecule has 0 aromatic carbocycles. The molecule has 6 aliphatic carbocycles. The van der Waals surface area contributed by atoms with E-state index in [-0.39, 0.29) is 24.4 Å². The van der Waals surface area contributed by atoms with Gasteiger partial charge < -0.3 is 18.1 Å². The van der Waals surface area contributed by atoms with Crippen LogP contribution in [0.4, 0.5) is 0 Å². The van der Waals surface area contributed by atoms with Crippen molar-refractivity contribution in [1.29, 1.82) is 0 Å².